The van der Waals surface area contributed by atoms with Crippen LogP contribution < -0.4 is 0 Å². The zero-order valence-electron chi connectivity index (χ0n) is 31.3. The molecule has 11 heteroatoms. The predicted octanol–water partition coefficient (Wildman–Crippen LogP) is 4.30. The standard InChI is InChI=1S/C39H63NO10/c1-21(2)22-11-16-39(34(46)47)18-17-37(6)23(29(22)39)9-10-26-36(5)14-13-27(35(3,4)25(36)12-15-38(26,37)7)50-28(42)19-40(48-8)33-32(45)31(44)30(43)24(20-41)49-33/h22-27,29-33,41,43-45H,1,9-20H2,2-8H3,(H,46,47)/t22-,23+,24+,25-,26+,27-,29+,30+,31-,32+,33?,36-,37+,38+,39-/m0/s1. The molecule has 1 saturated heterocycles. The lowest BCUT2D eigenvalue weighted by Crippen LogP contribution is -2.67. The Morgan fingerprint density at radius 1 is 0.860 bits per heavy atom. The number of carbonyl (C=O) groups excluding carboxylic acids is 1. The number of aliphatic carboxylic acids is 1. The number of fused-ring (bicyclic) bond motifs is 7. The molecule has 284 valence electrons. The van der Waals surface area contributed by atoms with Crippen molar-refractivity contribution in [2.75, 3.05) is 20.3 Å². The highest BCUT2D eigenvalue weighted by atomic mass is 16.7. The highest BCUT2D eigenvalue weighted by molar-refractivity contribution is 5.76. The summed E-state index contributed by atoms with van der Waals surface area (Å²) in [6.07, 6.45) is 1.79. The Morgan fingerprint density at radius 3 is 2.18 bits per heavy atom. The summed E-state index contributed by atoms with van der Waals surface area (Å²) in [5.41, 5.74) is 0.327. The number of nitrogens with zero attached hydrogens (tertiary/aromatic N) is 1. The van der Waals surface area contributed by atoms with Gasteiger partial charge in [-0.1, -0.05) is 46.8 Å². The zero-order valence-corrected chi connectivity index (χ0v) is 31.3. The maximum atomic E-state index is 13.5. The van der Waals surface area contributed by atoms with Crippen LogP contribution in [0.25, 0.3) is 0 Å². The lowest BCUT2D eigenvalue weighted by atomic mass is 9.32. The number of carbonyl (C=O) groups is 2. The monoisotopic (exact) mass is 705 g/mol. The minimum Gasteiger partial charge on any atom is -0.481 e. The molecule has 0 aromatic carbocycles. The van der Waals surface area contributed by atoms with Gasteiger partial charge in [0.05, 0.1) is 19.1 Å². The highest BCUT2D eigenvalue weighted by Gasteiger charge is 2.72. The van der Waals surface area contributed by atoms with Crippen molar-refractivity contribution in [1.82, 2.24) is 5.06 Å². The molecule has 5 aliphatic carbocycles. The van der Waals surface area contributed by atoms with Crippen LogP contribution in [0, 0.1) is 56.7 Å². The van der Waals surface area contributed by atoms with Gasteiger partial charge in [-0.2, -0.15) is 0 Å². The van der Waals surface area contributed by atoms with Gasteiger partial charge in [0.15, 0.2) is 6.23 Å². The summed E-state index contributed by atoms with van der Waals surface area (Å²) in [6, 6.07) is 0. The summed E-state index contributed by atoms with van der Waals surface area (Å²) in [4.78, 5) is 31.8. The van der Waals surface area contributed by atoms with Crippen molar-refractivity contribution < 1.29 is 49.4 Å². The first-order valence-electron chi connectivity index (χ1n) is 19.0. The van der Waals surface area contributed by atoms with E-state index in [-0.39, 0.29) is 46.1 Å². The van der Waals surface area contributed by atoms with Crippen molar-refractivity contribution in [3.63, 3.8) is 0 Å². The van der Waals surface area contributed by atoms with Gasteiger partial charge >= 0.3 is 11.9 Å². The Kier molecular flexibility index (Phi) is 9.96. The fourth-order valence-electron chi connectivity index (χ4n) is 13.6. The molecule has 0 bridgehead atoms. The number of aliphatic hydroxyl groups excluding tert-OH is 4. The lowest BCUT2D eigenvalue weighted by Gasteiger charge is -2.72. The molecule has 0 radical (unpaired) electrons. The molecule has 1 heterocycles. The molecule has 50 heavy (non-hydrogen) atoms. The van der Waals surface area contributed by atoms with Crippen LogP contribution in [0.4, 0.5) is 0 Å². The molecular formula is C39H63NO10. The van der Waals surface area contributed by atoms with E-state index in [0.717, 1.165) is 68.4 Å². The first-order valence-corrected chi connectivity index (χ1v) is 19.0. The second kappa shape index (κ2) is 13.1. The molecule has 15 atom stereocenters. The second-order valence-electron chi connectivity index (χ2n) is 18.5. The van der Waals surface area contributed by atoms with E-state index in [9.17, 15) is 35.1 Å². The molecule has 6 fully saturated rings. The number of hydrogen-bond donors (Lipinski definition) is 5. The molecule has 0 aromatic heterocycles. The van der Waals surface area contributed by atoms with E-state index < -0.39 is 54.6 Å². The average Bonchev–Trinajstić information content (AvgIpc) is 3.46. The predicted molar refractivity (Wildman–Crippen MR) is 184 cm³/mol. The fraction of sp³-hybridized carbons (Fsp3) is 0.897. The molecular weight excluding hydrogens is 642 g/mol. The van der Waals surface area contributed by atoms with Gasteiger partial charge in [0, 0.05) is 5.41 Å². The number of ether oxygens (including phenoxy) is 2. The number of carboxylic acids is 1. The van der Waals surface area contributed by atoms with Crippen molar-refractivity contribution in [2.45, 2.75) is 142 Å². The molecule has 0 amide bonds. The van der Waals surface area contributed by atoms with Gasteiger partial charge in [0.25, 0.3) is 0 Å². The van der Waals surface area contributed by atoms with E-state index in [4.69, 9.17) is 14.3 Å². The maximum absolute atomic E-state index is 13.5. The van der Waals surface area contributed by atoms with E-state index in [1.165, 1.54) is 7.11 Å². The Morgan fingerprint density at radius 2 is 1.56 bits per heavy atom. The molecule has 6 aliphatic rings. The van der Waals surface area contributed by atoms with E-state index >= 15 is 0 Å². The van der Waals surface area contributed by atoms with Crippen LogP contribution >= 0.6 is 0 Å². The van der Waals surface area contributed by atoms with Crippen molar-refractivity contribution in [3.05, 3.63) is 12.2 Å². The quantitative estimate of drug-likeness (QED) is 0.139. The SMILES string of the molecule is C=C(C)[C@@H]1CC[C@]2(C(=O)O)CC[C@]3(C)[C@H](CC[C@@H]4[C@@]5(C)CC[C@H](OC(=O)CN(OC)C6O[C@H](CO)[C@@H](O)[C@H](O)[C@H]6O)C(C)(C)[C@@H]5CC[C@]43C)[C@@H]12. The largest absolute Gasteiger partial charge is 0.481 e. The van der Waals surface area contributed by atoms with Gasteiger partial charge in [-0.05, 0) is 117 Å². The summed E-state index contributed by atoms with van der Waals surface area (Å²) in [7, 11) is 1.32. The van der Waals surface area contributed by atoms with Crippen LogP contribution in [-0.4, -0.2) is 99.5 Å². The smallest absolute Gasteiger partial charge is 0.323 e. The Hall–Kier alpha value is -1.60. The first-order chi connectivity index (χ1) is 23.3. The third-order valence-corrected chi connectivity index (χ3v) is 16.4. The molecule has 1 unspecified atom stereocenters. The van der Waals surface area contributed by atoms with Gasteiger partial charge in [-0.3, -0.25) is 14.4 Å². The van der Waals surface area contributed by atoms with Gasteiger partial charge < -0.3 is 35.0 Å². The van der Waals surface area contributed by atoms with Crippen molar-refractivity contribution in [2.24, 2.45) is 56.7 Å². The lowest BCUT2D eigenvalue weighted by molar-refractivity contribution is -0.327. The molecule has 5 N–H and O–H groups in total. The minimum atomic E-state index is -1.59. The third-order valence-electron chi connectivity index (χ3n) is 16.4. The van der Waals surface area contributed by atoms with E-state index in [0.29, 0.717) is 24.2 Å². The Labute approximate surface area is 297 Å². The van der Waals surface area contributed by atoms with Gasteiger partial charge in [0.2, 0.25) is 0 Å². The Bertz CT molecular complexity index is 1340. The Balaban J connectivity index is 1.19. The number of hydrogen-bond acceptors (Lipinski definition) is 10. The van der Waals surface area contributed by atoms with Gasteiger partial charge in [-0.15, -0.1) is 5.06 Å². The van der Waals surface area contributed by atoms with Crippen LogP contribution in [0.2, 0.25) is 0 Å². The normalized spacial score (nSPS) is 49.6. The van der Waals surface area contributed by atoms with E-state index in [1.807, 2.05) is 0 Å². The minimum absolute atomic E-state index is 0.0348. The van der Waals surface area contributed by atoms with Crippen LogP contribution in [0.15, 0.2) is 12.2 Å². The first kappa shape index (κ1) is 38.1. The average molecular weight is 706 g/mol. The number of rotatable bonds is 8. The number of carboxylic acid groups (broad SMARTS) is 1. The van der Waals surface area contributed by atoms with Crippen LogP contribution in [0.1, 0.15) is 106 Å². The summed E-state index contributed by atoms with van der Waals surface area (Å²) >= 11 is 0. The molecule has 11 nitrogen and oxygen atoms in total. The van der Waals surface area contributed by atoms with Crippen molar-refractivity contribution in [1.29, 1.82) is 0 Å². The topological polar surface area (TPSA) is 166 Å². The summed E-state index contributed by atoms with van der Waals surface area (Å²) in [5.74, 6) is 0.404. The maximum Gasteiger partial charge on any atom is 0.323 e. The van der Waals surface area contributed by atoms with Crippen LogP contribution in [0.5, 0.6) is 0 Å². The van der Waals surface area contributed by atoms with Crippen LogP contribution in [-0.2, 0) is 23.9 Å². The molecule has 0 aromatic rings. The summed E-state index contributed by atoms with van der Waals surface area (Å²) in [6.45, 7) is 17.5. The van der Waals surface area contributed by atoms with Crippen molar-refractivity contribution in [3.8, 4) is 0 Å². The second-order valence-corrected chi connectivity index (χ2v) is 18.5. The fourth-order valence-corrected chi connectivity index (χ4v) is 13.6. The number of esters is 1. The van der Waals surface area contributed by atoms with Gasteiger partial charge in [0.1, 0.15) is 37.1 Å². The molecule has 0 spiro atoms. The molecule has 6 rings (SSSR count). The zero-order chi connectivity index (χ0) is 36.8. The summed E-state index contributed by atoms with van der Waals surface area (Å²) < 4.78 is 11.8. The van der Waals surface area contributed by atoms with E-state index in [1.54, 1.807) is 0 Å². The van der Waals surface area contributed by atoms with Gasteiger partial charge in [-0.25, -0.2) is 0 Å². The number of aliphatic hydroxyl groups is 4. The van der Waals surface area contributed by atoms with E-state index in [2.05, 4.69) is 48.1 Å². The van der Waals surface area contributed by atoms with Crippen LogP contribution in [0.3, 0.4) is 0 Å². The number of hydroxylamine groups is 2. The molecule has 1 aliphatic heterocycles. The number of allylic oxidation sites excluding steroid dienone is 1. The molecule has 5 saturated carbocycles. The van der Waals surface area contributed by atoms with Crippen molar-refractivity contribution >= 4 is 11.9 Å². The summed E-state index contributed by atoms with van der Waals surface area (Å²) in [5, 5.41) is 52.4. The highest BCUT2D eigenvalue weighted by Crippen LogP contribution is 2.77. The third kappa shape index (κ3) is 5.37.